The van der Waals surface area contributed by atoms with Gasteiger partial charge in [-0.3, -0.25) is 14.5 Å². The van der Waals surface area contributed by atoms with Gasteiger partial charge in [-0.1, -0.05) is 19.8 Å². The van der Waals surface area contributed by atoms with E-state index in [-0.39, 0.29) is 11.8 Å². The zero-order valence-corrected chi connectivity index (χ0v) is 11.6. The second-order valence-corrected chi connectivity index (χ2v) is 5.99. The predicted octanol–water partition coefficient (Wildman–Crippen LogP) is 1.09. The standard InChI is InChI=1S/C14H24N2O3/c1-10-4-2-3-5-12(10)15-13(17)9-16-7-6-11(8-16)14(18)19/h10-12H,2-9H2,1H3,(H,15,17)(H,18,19)/t10-,11-,12-/m1/s1. The summed E-state index contributed by atoms with van der Waals surface area (Å²) in [6.07, 6.45) is 5.38. The Kier molecular flexibility index (Phi) is 4.80. The van der Waals surface area contributed by atoms with Crippen molar-refractivity contribution >= 4 is 11.9 Å². The second kappa shape index (κ2) is 6.37. The highest BCUT2D eigenvalue weighted by atomic mass is 16.4. The van der Waals surface area contributed by atoms with E-state index in [1.54, 1.807) is 0 Å². The summed E-state index contributed by atoms with van der Waals surface area (Å²) in [6, 6.07) is 0.305. The summed E-state index contributed by atoms with van der Waals surface area (Å²) in [5, 5.41) is 12.0. The number of hydrogen-bond acceptors (Lipinski definition) is 3. The molecule has 2 rings (SSSR count). The number of carbonyl (C=O) groups is 2. The quantitative estimate of drug-likeness (QED) is 0.800. The van der Waals surface area contributed by atoms with Gasteiger partial charge in [0.25, 0.3) is 0 Å². The minimum Gasteiger partial charge on any atom is -0.481 e. The summed E-state index contributed by atoms with van der Waals surface area (Å²) >= 11 is 0. The minimum atomic E-state index is -0.746. The van der Waals surface area contributed by atoms with Gasteiger partial charge >= 0.3 is 5.97 Å². The Labute approximate surface area is 114 Å². The number of rotatable bonds is 4. The van der Waals surface area contributed by atoms with Crippen LogP contribution < -0.4 is 5.32 Å². The summed E-state index contributed by atoms with van der Waals surface area (Å²) in [6.45, 7) is 3.75. The highest BCUT2D eigenvalue weighted by Crippen LogP contribution is 2.23. The fourth-order valence-corrected chi connectivity index (χ4v) is 3.16. The van der Waals surface area contributed by atoms with Crippen LogP contribution in [0.2, 0.25) is 0 Å². The highest BCUT2D eigenvalue weighted by molar-refractivity contribution is 5.78. The number of hydrogen-bond donors (Lipinski definition) is 2. The third-order valence-corrected chi connectivity index (χ3v) is 4.45. The Balaban J connectivity index is 1.74. The lowest BCUT2D eigenvalue weighted by Gasteiger charge is -2.30. The molecule has 1 saturated heterocycles. The molecule has 0 aromatic carbocycles. The summed E-state index contributed by atoms with van der Waals surface area (Å²) in [5.74, 6) is -0.446. The van der Waals surface area contributed by atoms with Gasteiger partial charge in [-0.05, 0) is 31.7 Å². The lowest BCUT2D eigenvalue weighted by atomic mass is 9.86. The molecule has 0 unspecified atom stereocenters. The van der Waals surface area contributed by atoms with Gasteiger partial charge in [0.2, 0.25) is 5.91 Å². The number of nitrogens with zero attached hydrogens (tertiary/aromatic N) is 1. The average molecular weight is 268 g/mol. The maximum absolute atomic E-state index is 12.0. The van der Waals surface area contributed by atoms with Gasteiger partial charge in [-0.25, -0.2) is 0 Å². The number of likely N-dealkylation sites (tertiary alicyclic amines) is 1. The number of nitrogens with one attached hydrogen (secondary N) is 1. The Bertz CT molecular complexity index is 346. The topological polar surface area (TPSA) is 69.6 Å². The number of carboxylic acid groups (broad SMARTS) is 1. The summed E-state index contributed by atoms with van der Waals surface area (Å²) in [4.78, 5) is 24.8. The molecule has 108 valence electrons. The van der Waals surface area contributed by atoms with E-state index in [9.17, 15) is 9.59 Å². The first-order valence-electron chi connectivity index (χ1n) is 7.31. The lowest BCUT2D eigenvalue weighted by Crippen LogP contribution is -2.45. The Hall–Kier alpha value is -1.10. The molecule has 0 aromatic heterocycles. The van der Waals surface area contributed by atoms with Crippen molar-refractivity contribution in [3.8, 4) is 0 Å². The van der Waals surface area contributed by atoms with Crippen LogP contribution in [0.5, 0.6) is 0 Å². The van der Waals surface area contributed by atoms with Crippen LogP contribution in [0.15, 0.2) is 0 Å². The maximum Gasteiger partial charge on any atom is 0.307 e. The first kappa shape index (κ1) is 14.3. The number of carboxylic acids is 1. The first-order chi connectivity index (χ1) is 9.06. The van der Waals surface area contributed by atoms with E-state index in [1.807, 2.05) is 4.90 Å². The van der Waals surface area contributed by atoms with Crippen molar-refractivity contribution in [2.24, 2.45) is 11.8 Å². The van der Waals surface area contributed by atoms with Crippen molar-refractivity contribution in [3.05, 3.63) is 0 Å². The van der Waals surface area contributed by atoms with E-state index < -0.39 is 5.97 Å². The number of aliphatic carboxylic acids is 1. The summed E-state index contributed by atoms with van der Waals surface area (Å²) in [5.41, 5.74) is 0. The summed E-state index contributed by atoms with van der Waals surface area (Å²) < 4.78 is 0. The summed E-state index contributed by atoms with van der Waals surface area (Å²) in [7, 11) is 0. The molecular weight excluding hydrogens is 244 g/mol. The van der Waals surface area contributed by atoms with E-state index in [1.165, 1.54) is 19.3 Å². The molecule has 5 heteroatoms. The SMILES string of the molecule is C[C@@H]1CCCC[C@H]1NC(=O)CN1CC[C@@H](C(=O)O)C1. The van der Waals surface area contributed by atoms with Gasteiger partial charge in [0.1, 0.15) is 0 Å². The average Bonchev–Trinajstić information content (AvgIpc) is 2.80. The molecule has 0 bridgehead atoms. The molecule has 1 saturated carbocycles. The zero-order valence-electron chi connectivity index (χ0n) is 11.6. The monoisotopic (exact) mass is 268 g/mol. The van der Waals surface area contributed by atoms with Crippen molar-refractivity contribution in [1.82, 2.24) is 10.2 Å². The van der Waals surface area contributed by atoms with Crippen molar-refractivity contribution < 1.29 is 14.7 Å². The lowest BCUT2D eigenvalue weighted by molar-refractivity contribution is -0.141. The molecule has 1 aliphatic carbocycles. The van der Waals surface area contributed by atoms with Crippen LogP contribution in [0.1, 0.15) is 39.0 Å². The van der Waals surface area contributed by atoms with Crippen LogP contribution in [-0.4, -0.2) is 47.6 Å². The molecule has 2 fully saturated rings. The molecular formula is C14H24N2O3. The number of amides is 1. The molecule has 0 spiro atoms. The van der Waals surface area contributed by atoms with Crippen LogP contribution in [0.4, 0.5) is 0 Å². The van der Waals surface area contributed by atoms with Crippen LogP contribution >= 0.6 is 0 Å². The smallest absolute Gasteiger partial charge is 0.307 e. The first-order valence-corrected chi connectivity index (χ1v) is 7.31. The van der Waals surface area contributed by atoms with Crippen molar-refractivity contribution in [3.63, 3.8) is 0 Å². The molecule has 2 aliphatic rings. The van der Waals surface area contributed by atoms with Crippen LogP contribution in [0.3, 0.4) is 0 Å². The van der Waals surface area contributed by atoms with Crippen LogP contribution in [0.25, 0.3) is 0 Å². The van der Waals surface area contributed by atoms with Gasteiger partial charge in [0.05, 0.1) is 12.5 Å². The van der Waals surface area contributed by atoms with Crippen molar-refractivity contribution in [1.29, 1.82) is 0 Å². The third kappa shape index (κ3) is 3.93. The third-order valence-electron chi connectivity index (χ3n) is 4.45. The number of carbonyl (C=O) groups excluding carboxylic acids is 1. The van der Waals surface area contributed by atoms with Crippen molar-refractivity contribution in [2.45, 2.75) is 45.1 Å². The van der Waals surface area contributed by atoms with E-state index in [2.05, 4.69) is 12.2 Å². The van der Waals surface area contributed by atoms with Crippen LogP contribution in [0, 0.1) is 11.8 Å². The molecule has 0 aromatic rings. The van der Waals surface area contributed by atoms with Crippen molar-refractivity contribution in [2.75, 3.05) is 19.6 Å². The Morgan fingerprint density at radius 3 is 2.63 bits per heavy atom. The fraction of sp³-hybridized carbons (Fsp3) is 0.857. The largest absolute Gasteiger partial charge is 0.481 e. The molecule has 3 atom stereocenters. The maximum atomic E-state index is 12.0. The van der Waals surface area contributed by atoms with Gasteiger partial charge in [-0.15, -0.1) is 0 Å². The highest BCUT2D eigenvalue weighted by Gasteiger charge is 2.30. The fourth-order valence-electron chi connectivity index (χ4n) is 3.16. The molecule has 1 heterocycles. The van der Waals surface area contributed by atoms with E-state index >= 15 is 0 Å². The normalized spacial score (nSPS) is 32.2. The minimum absolute atomic E-state index is 0.0461. The van der Waals surface area contributed by atoms with E-state index in [0.717, 1.165) is 6.42 Å². The van der Waals surface area contributed by atoms with Gasteiger partial charge < -0.3 is 10.4 Å². The molecule has 1 aliphatic heterocycles. The van der Waals surface area contributed by atoms with Crippen LogP contribution in [-0.2, 0) is 9.59 Å². The van der Waals surface area contributed by atoms with E-state index in [4.69, 9.17) is 5.11 Å². The predicted molar refractivity (Wildman–Crippen MR) is 71.7 cm³/mol. The molecule has 2 N–H and O–H groups in total. The Morgan fingerprint density at radius 1 is 1.26 bits per heavy atom. The van der Waals surface area contributed by atoms with Gasteiger partial charge in [0.15, 0.2) is 0 Å². The molecule has 1 amide bonds. The van der Waals surface area contributed by atoms with Gasteiger partial charge in [0, 0.05) is 12.6 Å². The van der Waals surface area contributed by atoms with E-state index in [0.29, 0.717) is 38.0 Å². The van der Waals surface area contributed by atoms with Gasteiger partial charge in [-0.2, -0.15) is 0 Å². The molecule has 5 nitrogen and oxygen atoms in total. The molecule has 0 radical (unpaired) electrons. The zero-order chi connectivity index (χ0) is 13.8. The Morgan fingerprint density at radius 2 is 2.00 bits per heavy atom. The second-order valence-electron chi connectivity index (χ2n) is 5.99. The molecule has 19 heavy (non-hydrogen) atoms.